The van der Waals surface area contributed by atoms with Crippen LogP contribution in [0.2, 0.25) is 0 Å². The van der Waals surface area contributed by atoms with Gasteiger partial charge in [0.15, 0.2) is 0 Å². The molecule has 0 unspecified atom stereocenters. The van der Waals surface area contributed by atoms with Crippen molar-refractivity contribution in [3.8, 4) is 0 Å². The molecule has 2 N–H and O–H groups in total. The van der Waals surface area contributed by atoms with Crippen molar-refractivity contribution < 1.29 is 23.5 Å². The smallest absolute Gasteiger partial charge is 0.215 e. The number of H-pyrrole nitrogens is 1. The number of rotatable bonds is 6. The zero-order valence-corrected chi connectivity index (χ0v) is 11.5. The first-order valence-electron chi connectivity index (χ1n) is 11.1. The van der Waals surface area contributed by atoms with Crippen molar-refractivity contribution in [1.29, 1.82) is 0 Å². The van der Waals surface area contributed by atoms with E-state index in [1.165, 1.54) is 10.9 Å². The van der Waals surface area contributed by atoms with Gasteiger partial charge in [0.05, 0.1) is 9.87 Å². The Balaban J connectivity index is 2.60. The second-order valence-electron chi connectivity index (χ2n) is 4.17. The summed E-state index contributed by atoms with van der Waals surface area (Å²) in [6.45, 7) is -8.15. The number of aryl methyl sites for hydroxylation is 1. The Hall–Kier alpha value is -1.37. The molecule has 0 bridgehead atoms. The fraction of sp³-hybridized carbons (Fsp3) is 0.429. The number of benzene rings is 1. The maximum absolute atomic E-state index is 12.2. The number of nitrogens with one attached hydrogen (secondary N) is 2. The Kier molecular flexibility index (Phi) is 1.84. The van der Waals surface area contributed by atoms with Gasteiger partial charge in [-0.25, -0.2) is 13.1 Å². The van der Waals surface area contributed by atoms with Crippen LogP contribution in [0.5, 0.6) is 0 Å². The van der Waals surface area contributed by atoms with Gasteiger partial charge in [-0.2, -0.15) is 0 Å². The predicted octanol–water partition coefficient (Wildman–Crippen LogP) is 1.32. The van der Waals surface area contributed by atoms with E-state index in [-0.39, 0.29) is 16.5 Å². The topological polar surface area (TPSA) is 65.2 Å². The number of sulfonamides is 1. The largest absolute Gasteiger partial charge is 0.361 e. The molecule has 0 amide bonds. The molecule has 0 aliphatic carbocycles. The first-order valence-corrected chi connectivity index (χ1v) is 7.26. The van der Waals surface area contributed by atoms with E-state index in [0.29, 0.717) is 4.90 Å². The van der Waals surface area contributed by atoms with Crippen LogP contribution in [0.15, 0.2) is 24.3 Å². The van der Waals surface area contributed by atoms with Crippen LogP contribution in [0.25, 0.3) is 10.9 Å². The van der Waals surface area contributed by atoms with Gasteiger partial charge in [-0.3, -0.25) is 0 Å². The summed E-state index contributed by atoms with van der Waals surface area (Å²) < 4.78 is 110. The highest BCUT2D eigenvalue weighted by molar-refractivity contribution is 7.88. The Morgan fingerprint density at radius 3 is 3.15 bits per heavy atom. The van der Waals surface area contributed by atoms with E-state index in [1.807, 2.05) is 0 Å². The summed E-state index contributed by atoms with van der Waals surface area (Å²) in [5, 5.41) is -0.0390. The third-order valence-corrected chi connectivity index (χ3v) is 3.55. The number of likely N-dealkylation sites (N-methyl/N-ethyl adjacent to an activating group) is 1. The van der Waals surface area contributed by atoms with E-state index in [0.717, 1.165) is 7.05 Å². The van der Waals surface area contributed by atoms with Crippen molar-refractivity contribution in [3.05, 3.63) is 35.5 Å². The molecular formula is C14H21N3O2S. The summed E-state index contributed by atoms with van der Waals surface area (Å²) >= 11 is 0. The molecule has 1 aromatic heterocycles. The summed E-state index contributed by atoms with van der Waals surface area (Å²) in [6.07, 6.45) is 0.759. The van der Waals surface area contributed by atoms with Crippen LogP contribution in [0.3, 0.4) is 0 Å². The highest BCUT2D eigenvalue weighted by atomic mass is 32.2. The summed E-state index contributed by atoms with van der Waals surface area (Å²) in [5.41, 5.74) is -0.334. The minimum atomic E-state index is -4.49. The van der Waals surface area contributed by atoms with Gasteiger partial charge in [0.1, 0.15) is 0 Å². The van der Waals surface area contributed by atoms with Crippen molar-refractivity contribution in [2.45, 2.75) is 12.2 Å². The lowest BCUT2D eigenvalue weighted by Crippen LogP contribution is -2.20. The molecule has 0 saturated carbocycles. The second-order valence-corrected chi connectivity index (χ2v) is 5.89. The maximum atomic E-state index is 12.2. The minimum Gasteiger partial charge on any atom is -0.361 e. The predicted molar refractivity (Wildman–Crippen MR) is 82.2 cm³/mol. The van der Waals surface area contributed by atoms with Crippen molar-refractivity contribution in [1.82, 2.24) is 14.6 Å². The van der Waals surface area contributed by atoms with Crippen molar-refractivity contribution in [2.24, 2.45) is 0 Å². The fourth-order valence-corrected chi connectivity index (χ4v) is 2.26. The molecular weight excluding hydrogens is 274 g/mol. The Morgan fingerprint density at radius 1 is 1.55 bits per heavy atom. The van der Waals surface area contributed by atoms with E-state index in [1.54, 1.807) is 0 Å². The van der Waals surface area contributed by atoms with Gasteiger partial charge in [-0.15, -0.1) is 0 Å². The molecule has 0 fully saturated rings. The van der Waals surface area contributed by atoms with Gasteiger partial charge in [0.25, 0.3) is 0 Å². The number of nitrogens with zero attached hydrogens (tertiary/aromatic N) is 1. The van der Waals surface area contributed by atoms with Gasteiger partial charge >= 0.3 is 0 Å². The summed E-state index contributed by atoms with van der Waals surface area (Å²) in [4.78, 5) is 3.19. The highest BCUT2D eigenvalue weighted by Gasteiger charge is 2.11. The van der Waals surface area contributed by atoms with Gasteiger partial charge in [0, 0.05) is 34.6 Å². The van der Waals surface area contributed by atoms with Crippen molar-refractivity contribution >= 4 is 20.9 Å². The quantitative estimate of drug-likeness (QED) is 0.846. The summed E-state index contributed by atoms with van der Waals surface area (Å²) in [7, 11) is -3.42. The number of aromatic amines is 1. The molecule has 0 spiro atoms. The lowest BCUT2D eigenvalue weighted by molar-refractivity contribution is 0.414. The van der Waals surface area contributed by atoms with E-state index in [2.05, 4.69) is 4.98 Å². The van der Waals surface area contributed by atoms with Crippen LogP contribution in [0.1, 0.15) is 26.2 Å². The highest BCUT2D eigenvalue weighted by Crippen LogP contribution is 2.21. The zero-order valence-electron chi connectivity index (χ0n) is 21.7. The standard InChI is InChI=1S/C14H21N3O2S/c1-15-20(18,19)10-11-4-5-14-13(8-11)12(9-16-14)6-7-17(2)3/h4-5,8-9,15-16H,6-7,10H2,1-3H3/i1D3,2D3,4D,5D,7D2,8D. The first-order chi connectivity index (χ1) is 13.8. The Labute approximate surface area is 135 Å². The maximum Gasteiger partial charge on any atom is 0.215 e. The molecule has 0 saturated heterocycles. The third-order valence-electron chi connectivity index (χ3n) is 2.57. The molecule has 0 aliphatic rings. The molecule has 0 aliphatic heterocycles. The van der Waals surface area contributed by atoms with Crippen LogP contribution >= 0.6 is 0 Å². The van der Waals surface area contributed by atoms with E-state index in [4.69, 9.17) is 15.1 Å². The van der Waals surface area contributed by atoms with Gasteiger partial charge < -0.3 is 9.88 Å². The van der Waals surface area contributed by atoms with Crippen LogP contribution in [-0.2, 0) is 22.2 Å². The third kappa shape index (κ3) is 3.59. The molecule has 1 aromatic carbocycles. The number of hydrogen-bond acceptors (Lipinski definition) is 3. The number of fused-ring (bicyclic) bond motifs is 1. The summed E-state index contributed by atoms with van der Waals surface area (Å²) in [6, 6.07) is -1.54. The van der Waals surface area contributed by atoms with Gasteiger partial charge in [-0.1, -0.05) is 6.04 Å². The Bertz CT molecular complexity index is 1090. The minimum absolute atomic E-state index is 0.0118. The van der Waals surface area contributed by atoms with Crippen LogP contribution in [0.4, 0.5) is 0 Å². The lowest BCUT2D eigenvalue weighted by atomic mass is 10.1. The fourth-order valence-electron chi connectivity index (χ4n) is 1.67. The monoisotopic (exact) mass is 306 g/mol. The average molecular weight is 306 g/mol. The number of aromatic nitrogens is 1. The molecule has 1 heterocycles. The molecule has 110 valence electrons. The second kappa shape index (κ2) is 5.95. The normalized spacial score (nSPS) is 22.4. The molecule has 2 rings (SSSR count). The van der Waals surface area contributed by atoms with Gasteiger partial charge in [0.2, 0.25) is 10.0 Å². The number of hydrogen-bond donors (Lipinski definition) is 2. The van der Waals surface area contributed by atoms with Crippen LogP contribution < -0.4 is 4.72 Å². The van der Waals surface area contributed by atoms with E-state index in [9.17, 15) is 8.42 Å². The molecule has 5 nitrogen and oxygen atoms in total. The van der Waals surface area contributed by atoms with Crippen molar-refractivity contribution in [3.63, 3.8) is 0 Å². The summed E-state index contributed by atoms with van der Waals surface area (Å²) in [5.74, 6) is -1.04. The van der Waals surface area contributed by atoms with Crippen molar-refractivity contribution in [2.75, 3.05) is 27.5 Å². The lowest BCUT2D eigenvalue weighted by Gasteiger charge is -2.08. The Morgan fingerprint density at radius 2 is 2.40 bits per heavy atom. The van der Waals surface area contributed by atoms with E-state index >= 15 is 0 Å². The molecule has 0 radical (unpaired) electrons. The molecule has 0 atom stereocenters. The molecule has 2 aromatic rings. The van der Waals surface area contributed by atoms with Crippen LogP contribution in [-0.4, -0.2) is 45.8 Å². The van der Waals surface area contributed by atoms with Gasteiger partial charge in [-0.05, 0) is 50.6 Å². The SMILES string of the molecule is [2H]c1c(CS(=O)(=O)NC([2H])([2H])[2H])c([2H])c2c(CC([2H])([2H])N(C)C([2H])([2H])[2H])c[nH]c2c1[2H]. The average Bonchev–Trinajstić information content (AvgIpc) is 2.96. The molecule has 20 heavy (non-hydrogen) atoms. The zero-order chi connectivity index (χ0) is 24.2. The van der Waals surface area contributed by atoms with E-state index < -0.39 is 66.3 Å². The van der Waals surface area contributed by atoms with Crippen LogP contribution in [0, 0.1) is 0 Å². The first kappa shape index (κ1) is 6.17. The molecule has 6 heteroatoms.